The van der Waals surface area contributed by atoms with E-state index in [0.717, 1.165) is 12.8 Å². The largest absolute Gasteiger partial charge is 0.393 e. The molecule has 1 rings (SSSR count). The minimum atomic E-state index is -0.607. The van der Waals surface area contributed by atoms with Gasteiger partial charge in [0.25, 0.3) is 0 Å². The van der Waals surface area contributed by atoms with E-state index >= 15 is 0 Å². The van der Waals surface area contributed by atoms with Gasteiger partial charge in [-0.25, -0.2) is 0 Å². The molecule has 1 aromatic carbocycles. The van der Waals surface area contributed by atoms with Crippen LogP contribution in [0.4, 0.5) is 0 Å². The van der Waals surface area contributed by atoms with Crippen LogP contribution >= 0.6 is 0 Å². The van der Waals surface area contributed by atoms with Crippen molar-refractivity contribution in [2.24, 2.45) is 0 Å². The molecule has 1 aromatic rings. The Morgan fingerprint density at radius 1 is 1.17 bits per heavy atom. The molecule has 3 nitrogen and oxygen atoms in total. The highest BCUT2D eigenvalue weighted by Crippen LogP contribution is 2.11. The average Bonchev–Trinajstić information content (AvgIpc) is 2.35. The Labute approximate surface area is 108 Å². The number of carbonyl (C=O) groups is 2. The van der Waals surface area contributed by atoms with E-state index in [-0.39, 0.29) is 18.0 Å². The highest BCUT2D eigenvalue weighted by Gasteiger charge is 2.12. The van der Waals surface area contributed by atoms with Gasteiger partial charge in [0.1, 0.15) is 5.78 Å². The molecule has 0 aliphatic carbocycles. The molecule has 0 saturated carbocycles. The van der Waals surface area contributed by atoms with Crippen LogP contribution in [-0.4, -0.2) is 22.8 Å². The number of unbranched alkanes of at least 4 members (excludes halogenated alkanes) is 1. The summed E-state index contributed by atoms with van der Waals surface area (Å²) in [5.74, 6) is 0.138. The molecular weight excluding hydrogens is 228 g/mol. The number of aliphatic hydroxyl groups excluding tert-OH is 1. The van der Waals surface area contributed by atoms with Gasteiger partial charge in [-0.3, -0.25) is 4.79 Å². The molecular formula is C15H20O3. The maximum atomic E-state index is 11.8. The van der Waals surface area contributed by atoms with Crippen molar-refractivity contribution < 1.29 is 14.7 Å². The number of benzene rings is 1. The van der Waals surface area contributed by atoms with E-state index in [1.165, 1.54) is 0 Å². The smallest absolute Gasteiger partial charge is 0.165 e. The van der Waals surface area contributed by atoms with Gasteiger partial charge in [-0.1, -0.05) is 36.8 Å². The van der Waals surface area contributed by atoms with E-state index in [1.54, 1.807) is 19.1 Å². The van der Waals surface area contributed by atoms with Crippen molar-refractivity contribution in [3.05, 3.63) is 35.9 Å². The van der Waals surface area contributed by atoms with Crippen molar-refractivity contribution in [1.29, 1.82) is 0 Å². The van der Waals surface area contributed by atoms with Crippen LogP contribution in [0.5, 0.6) is 0 Å². The maximum Gasteiger partial charge on any atom is 0.165 e. The molecule has 18 heavy (non-hydrogen) atoms. The number of Topliss-reactive ketones (excluding diaryl/α,β-unsaturated/α-hetero) is 2. The van der Waals surface area contributed by atoms with Crippen molar-refractivity contribution in [2.45, 2.75) is 45.1 Å². The van der Waals surface area contributed by atoms with Crippen LogP contribution in [0.15, 0.2) is 30.3 Å². The van der Waals surface area contributed by atoms with E-state index in [0.29, 0.717) is 18.4 Å². The lowest BCUT2D eigenvalue weighted by molar-refractivity contribution is -0.117. The Kier molecular flexibility index (Phi) is 6.29. The molecule has 0 radical (unpaired) electrons. The van der Waals surface area contributed by atoms with Gasteiger partial charge < -0.3 is 9.90 Å². The second-order valence-corrected chi connectivity index (χ2v) is 4.59. The Morgan fingerprint density at radius 2 is 1.83 bits per heavy atom. The minimum Gasteiger partial charge on any atom is -0.393 e. The third kappa shape index (κ3) is 5.73. The Balaban J connectivity index is 2.26. The van der Waals surface area contributed by atoms with Gasteiger partial charge in [0.15, 0.2) is 5.78 Å². The lowest BCUT2D eigenvalue weighted by Gasteiger charge is -2.09. The topological polar surface area (TPSA) is 54.4 Å². The van der Waals surface area contributed by atoms with Gasteiger partial charge in [0.05, 0.1) is 6.10 Å². The summed E-state index contributed by atoms with van der Waals surface area (Å²) in [5, 5.41) is 9.74. The summed E-state index contributed by atoms with van der Waals surface area (Å²) in [6.45, 7) is 1.56. The average molecular weight is 248 g/mol. The third-order valence-electron chi connectivity index (χ3n) is 2.83. The first-order valence-corrected chi connectivity index (χ1v) is 6.35. The summed E-state index contributed by atoms with van der Waals surface area (Å²) in [4.78, 5) is 22.5. The Morgan fingerprint density at radius 3 is 2.44 bits per heavy atom. The third-order valence-corrected chi connectivity index (χ3v) is 2.83. The fourth-order valence-electron chi connectivity index (χ4n) is 1.81. The molecule has 0 amide bonds. The fourth-order valence-corrected chi connectivity index (χ4v) is 1.81. The second kappa shape index (κ2) is 7.77. The molecule has 0 fully saturated rings. The van der Waals surface area contributed by atoms with E-state index in [1.807, 2.05) is 18.2 Å². The first-order valence-electron chi connectivity index (χ1n) is 6.35. The van der Waals surface area contributed by atoms with Crippen molar-refractivity contribution in [2.75, 3.05) is 0 Å². The van der Waals surface area contributed by atoms with E-state index in [9.17, 15) is 14.7 Å². The second-order valence-electron chi connectivity index (χ2n) is 4.59. The van der Waals surface area contributed by atoms with Crippen LogP contribution in [0.2, 0.25) is 0 Å². The maximum absolute atomic E-state index is 11.8. The summed E-state index contributed by atoms with van der Waals surface area (Å²) < 4.78 is 0. The zero-order valence-corrected chi connectivity index (χ0v) is 10.8. The number of rotatable bonds is 8. The number of carbonyl (C=O) groups excluding carboxylic acids is 2. The van der Waals surface area contributed by atoms with Crippen molar-refractivity contribution >= 4 is 11.6 Å². The summed E-state index contributed by atoms with van der Waals surface area (Å²) in [6.07, 6.45) is 2.24. The molecule has 0 heterocycles. The van der Waals surface area contributed by atoms with Gasteiger partial charge in [0.2, 0.25) is 0 Å². The number of aliphatic hydroxyl groups is 1. The predicted molar refractivity (Wildman–Crippen MR) is 70.5 cm³/mol. The standard InChI is InChI=1S/C15H20O3/c1-12(16)7-5-6-10-14(17)11-15(18)13-8-3-2-4-9-13/h2-4,8-9,14,17H,5-7,10-11H2,1H3. The molecule has 0 bridgehead atoms. The van der Waals surface area contributed by atoms with Crippen molar-refractivity contribution in [3.63, 3.8) is 0 Å². The van der Waals surface area contributed by atoms with Gasteiger partial charge in [0, 0.05) is 18.4 Å². The van der Waals surface area contributed by atoms with Gasteiger partial charge >= 0.3 is 0 Å². The van der Waals surface area contributed by atoms with E-state index in [2.05, 4.69) is 0 Å². The summed E-state index contributed by atoms with van der Waals surface area (Å²) in [7, 11) is 0. The highest BCUT2D eigenvalue weighted by atomic mass is 16.3. The lowest BCUT2D eigenvalue weighted by atomic mass is 10.0. The SMILES string of the molecule is CC(=O)CCCCC(O)CC(=O)c1ccccc1. The molecule has 1 atom stereocenters. The van der Waals surface area contributed by atoms with Crippen molar-refractivity contribution in [1.82, 2.24) is 0 Å². The highest BCUT2D eigenvalue weighted by molar-refractivity contribution is 5.96. The zero-order valence-electron chi connectivity index (χ0n) is 10.8. The summed E-state index contributed by atoms with van der Waals surface area (Å²) >= 11 is 0. The molecule has 0 aliphatic heterocycles. The summed E-state index contributed by atoms with van der Waals surface area (Å²) in [6, 6.07) is 8.99. The molecule has 0 aliphatic rings. The quantitative estimate of drug-likeness (QED) is 0.568. The number of ketones is 2. The first-order chi connectivity index (χ1) is 8.59. The Bertz CT molecular complexity index is 384. The minimum absolute atomic E-state index is 0.0327. The number of hydrogen-bond donors (Lipinski definition) is 1. The van der Waals surface area contributed by atoms with Gasteiger partial charge in [-0.05, 0) is 19.8 Å². The van der Waals surface area contributed by atoms with Crippen LogP contribution in [0.1, 0.15) is 49.4 Å². The molecule has 3 heteroatoms. The lowest BCUT2D eigenvalue weighted by Crippen LogP contribution is -2.13. The van der Waals surface area contributed by atoms with Crippen LogP contribution in [0, 0.1) is 0 Å². The first kappa shape index (κ1) is 14.6. The molecule has 0 aromatic heterocycles. The fraction of sp³-hybridized carbons (Fsp3) is 0.467. The molecule has 98 valence electrons. The molecule has 1 N–H and O–H groups in total. The van der Waals surface area contributed by atoms with Crippen LogP contribution in [0.25, 0.3) is 0 Å². The molecule has 0 spiro atoms. The predicted octanol–water partition coefficient (Wildman–Crippen LogP) is 2.77. The van der Waals surface area contributed by atoms with E-state index in [4.69, 9.17) is 0 Å². The number of hydrogen-bond acceptors (Lipinski definition) is 3. The van der Waals surface area contributed by atoms with Gasteiger partial charge in [-0.15, -0.1) is 0 Å². The van der Waals surface area contributed by atoms with Crippen molar-refractivity contribution in [3.8, 4) is 0 Å². The molecule has 0 saturated heterocycles. The van der Waals surface area contributed by atoms with Crippen LogP contribution in [-0.2, 0) is 4.79 Å². The van der Waals surface area contributed by atoms with Crippen LogP contribution < -0.4 is 0 Å². The van der Waals surface area contributed by atoms with Gasteiger partial charge in [-0.2, -0.15) is 0 Å². The monoisotopic (exact) mass is 248 g/mol. The summed E-state index contributed by atoms with van der Waals surface area (Å²) in [5.41, 5.74) is 0.639. The van der Waals surface area contributed by atoms with E-state index < -0.39 is 6.10 Å². The van der Waals surface area contributed by atoms with Crippen LogP contribution in [0.3, 0.4) is 0 Å². The normalized spacial score (nSPS) is 12.1. The zero-order chi connectivity index (χ0) is 13.4. The molecule has 1 unspecified atom stereocenters. The Hall–Kier alpha value is -1.48.